The molecule has 7 heteroatoms. The number of hydrazone groups is 1. The molecule has 0 aromatic heterocycles. The summed E-state index contributed by atoms with van der Waals surface area (Å²) >= 11 is 0. The van der Waals surface area contributed by atoms with Crippen LogP contribution in [0.2, 0.25) is 0 Å². The molecular weight excluding hydrogens is 310 g/mol. The fourth-order valence-electron chi connectivity index (χ4n) is 2.13. The summed E-state index contributed by atoms with van der Waals surface area (Å²) in [6.07, 6.45) is 1.23. The molecule has 2 rings (SSSR count). The number of nitro groups is 1. The largest absolute Gasteiger partial charge is 0.483 e. The molecule has 2 aromatic carbocycles. The van der Waals surface area contributed by atoms with Crippen molar-refractivity contribution in [3.8, 4) is 5.75 Å². The third-order valence-corrected chi connectivity index (χ3v) is 3.28. The summed E-state index contributed by atoms with van der Waals surface area (Å²) in [4.78, 5) is 22.1. The lowest BCUT2D eigenvalue weighted by Crippen LogP contribution is -2.25. The summed E-state index contributed by atoms with van der Waals surface area (Å²) in [6, 6.07) is 11.8. The summed E-state index contributed by atoms with van der Waals surface area (Å²) in [7, 11) is 0. The van der Waals surface area contributed by atoms with Crippen molar-refractivity contribution in [1.29, 1.82) is 0 Å². The number of nitro benzene ring substituents is 1. The van der Waals surface area contributed by atoms with Gasteiger partial charge >= 0.3 is 0 Å². The molecule has 0 heterocycles. The van der Waals surface area contributed by atoms with Crippen molar-refractivity contribution in [3.05, 3.63) is 69.3 Å². The van der Waals surface area contributed by atoms with Gasteiger partial charge in [0, 0.05) is 6.07 Å². The van der Waals surface area contributed by atoms with Crippen molar-refractivity contribution in [2.75, 3.05) is 6.61 Å². The van der Waals surface area contributed by atoms with Gasteiger partial charge < -0.3 is 4.74 Å². The lowest BCUT2D eigenvalue weighted by atomic mass is 10.1. The highest BCUT2D eigenvalue weighted by molar-refractivity contribution is 5.86. The Morgan fingerprint density at radius 1 is 1.21 bits per heavy atom. The third-order valence-electron chi connectivity index (χ3n) is 3.28. The molecule has 2 aromatic rings. The zero-order valence-electron chi connectivity index (χ0n) is 13.4. The second-order valence-electron chi connectivity index (χ2n) is 5.12. The minimum Gasteiger partial charge on any atom is -0.483 e. The molecule has 0 aliphatic heterocycles. The van der Waals surface area contributed by atoms with Crippen LogP contribution in [0.15, 0.2) is 47.6 Å². The first-order valence-electron chi connectivity index (χ1n) is 7.23. The Kier molecular flexibility index (Phi) is 5.62. The molecule has 124 valence electrons. The predicted molar refractivity (Wildman–Crippen MR) is 90.2 cm³/mol. The van der Waals surface area contributed by atoms with Crippen LogP contribution in [0.25, 0.3) is 0 Å². The molecule has 0 radical (unpaired) electrons. The molecule has 0 unspecified atom stereocenters. The normalized spacial score (nSPS) is 10.6. The van der Waals surface area contributed by atoms with Crippen molar-refractivity contribution in [2.45, 2.75) is 13.8 Å². The van der Waals surface area contributed by atoms with Crippen LogP contribution in [0.3, 0.4) is 0 Å². The standard InChI is InChI=1S/C17H17N3O4/c1-12-6-5-7-13(2)17(12)24-11-16(21)19-18-10-14-8-3-4-9-15(14)20(22)23/h3-10H,11H2,1-2H3,(H,19,21)/b18-10-. The summed E-state index contributed by atoms with van der Waals surface area (Å²) in [5.74, 6) is 0.211. The van der Waals surface area contributed by atoms with Gasteiger partial charge in [-0.2, -0.15) is 5.10 Å². The van der Waals surface area contributed by atoms with Gasteiger partial charge in [0.25, 0.3) is 11.6 Å². The Morgan fingerprint density at radius 3 is 2.54 bits per heavy atom. The Labute approximate surface area is 139 Å². The van der Waals surface area contributed by atoms with Crippen LogP contribution >= 0.6 is 0 Å². The number of hydrogen-bond donors (Lipinski definition) is 1. The van der Waals surface area contributed by atoms with E-state index in [1.165, 1.54) is 12.3 Å². The lowest BCUT2D eigenvalue weighted by Gasteiger charge is -2.10. The zero-order chi connectivity index (χ0) is 17.5. The van der Waals surface area contributed by atoms with Gasteiger partial charge in [-0.1, -0.05) is 30.3 Å². The molecular formula is C17H17N3O4. The molecule has 24 heavy (non-hydrogen) atoms. The van der Waals surface area contributed by atoms with Crippen molar-refractivity contribution in [2.24, 2.45) is 5.10 Å². The van der Waals surface area contributed by atoms with Crippen LogP contribution < -0.4 is 10.2 Å². The van der Waals surface area contributed by atoms with E-state index in [0.29, 0.717) is 11.3 Å². The minimum absolute atomic E-state index is 0.0812. The summed E-state index contributed by atoms with van der Waals surface area (Å²) in [5, 5.41) is 14.6. The molecule has 0 fully saturated rings. The number of rotatable bonds is 6. The first-order chi connectivity index (χ1) is 11.5. The number of hydrogen-bond acceptors (Lipinski definition) is 5. The number of nitrogens with one attached hydrogen (secondary N) is 1. The first-order valence-corrected chi connectivity index (χ1v) is 7.23. The van der Waals surface area contributed by atoms with E-state index in [9.17, 15) is 14.9 Å². The van der Waals surface area contributed by atoms with Crippen molar-refractivity contribution in [3.63, 3.8) is 0 Å². The number of carbonyl (C=O) groups excluding carboxylic acids is 1. The average Bonchev–Trinajstić information content (AvgIpc) is 2.54. The zero-order valence-corrected chi connectivity index (χ0v) is 13.4. The highest BCUT2D eigenvalue weighted by Crippen LogP contribution is 2.22. The number of aryl methyl sites for hydroxylation is 2. The summed E-state index contributed by atoms with van der Waals surface area (Å²) < 4.78 is 5.50. The van der Waals surface area contributed by atoms with E-state index in [1.54, 1.807) is 18.2 Å². The number of amides is 1. The van der Waals surface area contributed by atoms with Crippen LogP contribution in [-0.2, 0) is 4.79 Å². The van der Waals surface area contributed by atoms with E-state index in [0.717, 1.165) is 11.1 Å². The van der Waals surface area contributed by atoms with Gasteiger partial charge in [-0.25, -0.2) is 5.43 Å². The van der Waals surface area contributed by atoms with Crippen LogP contribution in [0.4, 0.5) is 5.69 Å². The number of nitrogens with zero attached hydrogens (tertiary/aromatic N) is 2. The Balaban J connectivity index is 1.93. The van der Waals surface area contributed by atoms with Gasteiger partial charge in [-0.15, -0.1) is 0 Å². The second-order valence-corrected chi connectivity index (χ2v) is 5.12. The van der Waals surface area contributed by atoms with Gasteiger partial charge in [0.2, 0.25) is 0 Å². The molecule has 0 aliphatic carbocycles. The van der Waals surface area contributed by atoms with E-state index < -0.39 is 10.8 Å². The van der Waals surface area contributed by atoms with Crippen LogP contribution in [0.5, 0.6) is 5.75 Å². The number of ether oxygens (including phenoxy) is 1. The fourth-order valence-corrected chi connectivity index (χ4v) is 2.13. The SMILES string of the molecule is Cc1cccc(C)c1OCC(=O)N/N=C\c1ccccc1[N+](=O)[O-]. The van der Waals surface area contributed by atoms with E-state index >= 15 is 0 Å². The van der Waals surface area contributed by atoms with Crippen LogP contribution in [0.1, 0.15) is 16.7 Å². The number of para-hydroxylation sites is 2. The molecule has 0 saturated carbocycles. The monoisotopic (exact) mass is 327 g/mol. The predicted octanol–water partition coefficient (Wildman–Crippen LogP) is 2.74. The van der Waals surface area contributed by atoms with Gasteiger partial charge in [0.15, 0.2) is 6.61 Å². The van der Waals surface area contributed by atoms with Gasteiger partial charge in [-0.05, 0) is 31.0 Å². The molecule has 7 nitrogen and oxygen atoms in total. The topological polar surface area (TPSA) is 93.8 Å². The molecule has 1 amide bonds. The smallest absolute Gasteiger partial charge is 0.278 e. The summed E-state index contributed by atoms with van der Waals surface area (Å²) in [6.45, 7) is 3.60. The van der Waals surface area contributed by atoms with Crippen molar-refractivity contribution in [1.82, 2.24) is 5.43 Å². The maximum absolute atomic E-state index is 11.8. The van der Waals surface area contributed by atoms with Gasteiger partial charge in [0.05, 0.1) is 16.7 Å². The molecule has 0 spiro atoms. The Hall–Kier alpha value is -3.22. The minimum atomic E-state index is -0.507. The molecule has 0 saturated heterocycles. The van der Waals surface area contributed by atoms with E-state index in [-0.39, 0.29) is 12.3 Å². The van der Waals surface area contributed by atoms with Crippen molar-refractivity contribution < 1.29 is 14.5 Å². The Morgan fingerprint density at radius 2 is 1.88 bits per heavy atom. The first kappa shape index (κ1) is 17.1. The maximum atomic E-state index is 11.8. The highest BCUT2D eigenvalue weighted by Gasteiger charge is 2.10. The van der Waals surface area contributed by atoms with Gasteiger partial charge in [0.1, 0.15) is 5.75 Å². The van der Waals surface area contributed by atoms with Crippen LogP contribution in [-0.4, -0.2) is 23.7 Å². The number of benzene rings is 2. The summed E-state index contributed by atoms with van der Waals surface area (Å²) in [5.41, 5.74) is 4.38. The molecule has 0 bridgehead atoms. The van der Waals surface area contributed by atoms with Crippen LogP contribution in [0, 0.1) is 24.0 Å². The molecule has 0 aliphatic rings. The molecule has 0 atom stereocenters. The maximum Gasteiger partial charge on any atom is 0.278 e. The Bertz CT molecular complexity index is 767. The van der Waals surface area contributed by atoms with E-state index in [4.69, 9.17) is 4.74 Å². The average molecular weight is 327 g/mol. The van der Waals surface area contributed by atoms with E-state index in [1.807, 2.05) is 32.0 Å². The highest BCUT2D eigenvalue weighted by atomic mass is 16.6. The lowest BCUT2D eigenvalue weighted by molar-refractivity contribution is -0.385. The molecule has 1 N–H and O–H groups in total. The van der Waals surface area contributed by atoms with Gasteiger partial charge in [-0.3, -0.25) is 14.9 Å². The third kappa shape index (κ3) is 4.39. The fraction of sp³-hybridized carbons (Fsp3) is 0.176. The second kappa shape index (κ2) is 7.87. The number of carbonyl (C=O) groups is 1. The quantitative estimate of drug-likeness (QED) is 0.501. The van der Waals surface area contributed by atoms with E-state index in [2.05, 4.69) is 10.5 Å². The van der Waals surface area contributed by atoms with Crippen molar-refractivity contribution >= 4 is 17.8 Å².